The van der Waals surface area contributed by atoms with Gasteiger partial charge in [0.2, 0.25) is 0 Å². The lowest BCUT2D eigenvalue weighted by Gasteiger charge is -2.21. The third kappa shape index (κ3) is 7.77. The van der Waals surface area contributed by atoms with E-state index in [1.54, 1.807) is 0 Å². The van der Waals surface area contributed by atoms with E-state index < -0.39 is 5.51 Å². The zero-order valence-electron chi connectivity index (χ0n) is 12.8. The largest absolute Gasteiger partial charge is 0.441 e. The molecule has 0 radical (unpaired) electrons. The molecule has 1 aromatic rings. The summed E-state index contributed by atoms with van der Waals surface area (Å²) in [6.45, 7) is 7.86. The Morgan fingerprint density at radius 2 is 1.81 bits per heavy atom. The minimum atomic E-state index is -4.14. The number of thioether (sulfide) groups is 1. The standard InChI is InChI=1S/C16H24F3NS/c1-12(2)10-20-11-14(8-9-21-16(17,18)19)15-7-5-4-6-13(15)3/h4-7,12,14,20H,8-11H2,1-3H3. The highest BCUT2D eigenvalue weighted by Gasteiger charge is 2.28. The minimum absolute atomic E-state index is 0.0744. The number of benzene rings is 1. The summed E-state index contributed by atoms with van der Waals surface area (Å²) >= 11 is 0.0744. The molecule has 0 aliphatic heterocycles. The summed E-state index contributed by atoms with van der Waals surface area (Å²) in [5.74, 6) is 0.762. The second-order valence-corrected chi connectivity index (χ2v) is 6.85. The highest BCUT2D eigenvalue weighted by molar-refractivity contribution is 8.00. The van der Waals surface area contributed by atoms with Crippen LogP contribution in [0.5, 0.6) is 0 Å². The van der Waals surface area contributed by atoms with Crippen LogP contribution in [0, 0.1) is 12.8 Å². The molecule has 0 aromatic heterocycles. The summed E-state index contributed by atoms with van der Waals surface area (Å²) in [6, 6.07) is 7.95. The number of rotatable bonds is 8. The molecule has 5 heteroatoms. The van der Waals surface area contributed by atoms with Gasteiger partial charge in [0, 0.05) is 12.3 Å². The Balaban J connectivity index is 2.64. The summed E-state index contributed by atoms with van der Waals surface area (Å²) in [6.07, 6.45) is 0.528. The fourth-order valence-electron chi connectivity index (χ4n) is 2.28. The predicted octanol–water partition coefficient (Wildman–Crippen LogP) is 4.97. The van der Waals surface area contributed by atoms with Crippen LogP contribution in [0.15, 0.2) is 24.3 Å². The Bertz CT molecular complexity index is 418. The molecule has 120 valence electrons. The van der Waals surface area contributed by atoms with Crippen LogP contribution in [-0.4, -0.2) is 24.4 Å². The molecule has 21 heavy (non-hydrogen) atoms. The molecule has 1 N–H and O–H groups in total. The molecule has 1 nitrogen and oxygen atoms in total. The van der Waals surface area contributed by atoms with E-state index in [-0.39, 0.29) is 23.4 Å². The number of hydrogen-bond donors (Lipinski definition) is 1. The van der Waals surface area contributed by atoms with Gasteiger partial charge < -0.3 is 5.32 Å². The smallest absolute Gasteiger partial charge is 0.316 e. The van der Waals surface area contributed by atoms with E-state index in [0.29, 0.717) is 12.3 Å². The molecule has 0 aliphatic rings. The Morgan fingerprint density at radius 3 is 2.38 bits per heavy atom. The third-order valence-corrected chi connectivity index (χ3v) is 4.07. The van der Waals surface area contributed by atoms with E-state index in [4.69, 9.17) is 0 Å². The van der Waals surface area contributed by atoms with Gasteiger partial charge in [-0.2, -0.15) is 13.2 Å². The zero-order chi connectivity index (χ0) is 15.9. The molecule has 0 amide bonds. The highest BCUT2D eigenvalue weighted by atomic mass is 32.2. The van der Waals surface area contributed by atoms with Gasteiger partial charge in [-0.15, -0.1) is 0 Å². The van der Waals surface area contributed by atoms with Gasteiger partial charge in [0.25, 0.3) is 0 Å². The molecule has 0 spiro atoms. The molecule has 0 heterocycles. The van der Waals surface area contributed by atoms with Gasteiger partial charge in [0.1, 0.15) is 0 Å². The number of halogens is 3. The SMILES string of the molecule is Cc1ccccc1C(CCSC(F)(F)F)CNCC(C)C. The number of hydrogen-bond acceptors (Lipinski definition) is 2. The van der Waals surface area contributed by atoms with Crippen molar-refractivity contribution in [3.05, 3.63) is 35.4 Å². The van der Waals surface area contributed by atoms with Gasteiger partial charge in [-0.3, -0.25) is 0 Å². The van der Waals surface area contributed by atoms with Crippen molar-refractivity contribution >= 4 is 11.8 Å². The summed E-state index contributed by atoms with van der Waals surface area (Å²) in [4.78, 5) is 0. The van der Waals surface area contributed by atoms with Crippen LogP contribution in [-0.2, 0) is 0 Å². The molecule has 0 aliphatic carbocycles. The molecule has 1 aromatic carbocycles. The molecule has 0 bridgehead atoms. The van der Waals surface area contributed by atoms with Gasteiger partial charge in [-0.05, 0) is 42.9 Å². The van der Waals surface area contributed by atoms with Crippen molar-refractivity contribution in [1.29, 1.82) is 0 Å². The van der Waals surface area contributed by atoms with Crippen molar-refractivity contribution in [1.82, 2.24) is 5.32 Å². The number of alkyl halides is 3. The van der Waals surface area contributed by atoms with E-state index in [1.807, 2.05) is 31.2 Å². The maximum atomic E-state index is 12.3. The van der Waals surface area contributed by atoms with Crippen LogP contribution < -0.4 is 5.32 Å². The topological polar surface area (TPSA) is 12.0 Å². The van der Waals surface area contributed by atoms with Crippen LogP contribution in [0.2, 0.25) is 0 Å². The monoisotopic (exact) mass is 319 g/mol. The number of nitrogens with one attached hydrogen (secondary N) is 1. The lowest BCUT2D eigenvalue weighted by molar-refractivity contribution is -0.0328. The van der Waals surface area contributed by atoms with Crippen molar-refractivity contribution in [3.63, 3.8) is 0 Å². The number of aryl methyl sites for hydroxylation is 1. The van der Waals surface area contributed by atoms with Gasteiger partial charge >= 0.3 is 5.51 Å². The first-order valence-corrected chi connectivity index (χ1v) is 8.25. The molecule has 0 saturated carbocycles. The van der Waals surface area contributed by atoms with E-state index >= 15 is 0 Å². The van der Waals surface area contributed by atoms with Crippen LogP contribution in [0.1, 0.15) is 37.3 Å². The minimum Gasteiger partial charge on any atom is -0.316 e. The summed E-state index contributed by atoms with van der Waals surface area (Å²) in [5, 5.41) is 3.37. The van der Waals surface area contributed by atoms with Crippen LogP contribution in [0.3, 0.4) is 0 Å². The van der Waals surface area contributed by atoms with Crippen LogP contribution >= 0.6 is 11.8 Å². The fourth-order valence-corrected chi connectivity index (χ4v) is 2.91. The molecule has 1 unspecified atom stereocenters. The lowest BCUT2D eigenvalue weighted by Crippen LogP contribution is -2.26. The Hall–Kier alpha value is -0.680. The predicted molar refractivity (Wildman–Crippen MR) is 84.8 cm³/mol. The zero-order valence-corrected chi connectivity index (χ0v) is 13.7. The summed E-state index contributed by atoms with van der Waals surface area (Å²) < 4.78 is 36.9. The van der Waals surface area contributed by atoms with Crippen molar-refractivity contribution in [3.8, 4) is 0 Å². The lowest BCUT2D eigenvalue weighted by atomic mass is 9.92. The van der Waals surface area contributed by atoms with Gasteiger partial charge in [-0.1, -0.05) is 49.9 Å². The van der Waals surface area contributed by atoms with Gasteiger partial charge in [0.05, 0.1) is 0 Å². The maximum absolute atomic E-state index is 12.3. The highest BCUT2D eigenvalue weighted by Crippen LogP contribution is 2.33. The van der Waals surface area contributed by atoms with Gasteiger partial charge in [-0.25, -0.2) is 0 Å². The average Bonchev–Trinajstić information content (AvgIpc) is 2.36. The second-order valence-electron chi connectivity index (χ2n) is 5.69. The Labute approximate surface area is 129 Å². The van der Waals surface area contributed by atoms with Crippen molar-refractivity contribution < 1.29 is 13.2 Å². The first-order valence-electron chi connectivity index (χ1n) is 7.26. The second kappa shape index (κ2) is 8.69. The average molecular weight is 319 g/mol. The van der Waals surface area contributed by atoms with Gasteiger partial charge in [0.15, 0.2) is 0 Å². The van der Waals surface area contributed by atoms with Crippen LogP contribution in [0.4, 0.5) is 13.2 Å². The molecule has 0 fully saturated rings. The van der Waals surface area contributed by atoms with Crippen molar-refractivity contribution in [2.45, 2.75) is 38.6 Å². The maximum Gasteiger partial charge on any atom is 0.441 e. The summed E-state index contributed by atoms with van der Waals surface area (Å²) in [7, 11) is 0. The van der Waals surface area contributed by atoms with E-state index in [1.165, 1.54) is 0 Å². The fraction of sp³-hybridized carbons (Fsp3) is 0.625. The quantitative estimate of drug-likeness (QED) is 0.726. The molecule has 1 rings (SSSR count). The van der Waals surface area contributed by atoms with Crippen LogP contribution in [0.25, 0.3) is 0 Å². The first-order chi connectivity index (χ1) is 9.79. The van der Waals surface area contributed by atoms with Crippen molar-refractivity contribution in [2.24, 2.45) is 5.92 Å². The van der Waals surface area contributed by atoms with E-state index in [9.17, 15) is 13.2 Å². The Kier molecular flexibility index (Phi) is 7.60. The normalized spacial score (nSPS) is 13.7. The molecular weight excluding hydrogens is 295 g/mol. The van der Waals surface area contributed by atoms with Crippen molar-refractivity contribution in [2.75, 3.05) is 18.8 Å². The molecule has 0 saturated heterocycles. The van der Waals surface area contributed by atoms with E-state index in [0.717, 1.165) is 24.2 Å². The Morgan fingerprint density at radius 1 is 1.14 bits per heavy atom. The third-order valence-electron chi connectivity index (χ3n) is 3.30. The molecule has 1 atom stereocenters. The molecular formula is C16H24F3NS. The van der Waals surface area contributed by atoms with E-state index in [2.05, 4.69) is 19.2 Å². The first kappa shape index (κ1) is 18.4. The summed E-state index contributed by atoms with van der Waals surface area (Å²) in [5.41, 5.74) is -1.84.